The molecule has 0 bridgehead atoms. The molecule has 1 aliphatic rings. The molecule has 0 amide bonds. The number of likely N-dealkylation sites (tertiary alicyclic amines) is 1. The molecular formula is C17H20F3N5O. The summed E-state index contributed by atoms with van der Waals surface area (Å²) in [6.07, 6.45) is -2.43. The molecule has 1 aliphatic heterocycles. The maximum atomic E-state index is 12.7. The molecule has 26 heavy (non-hydrogen) atoms. The molecule has 6 nitrogen and oxygen atoms in total. The Balaban J connectivity index is 1.81. The normalized spacial score (nSPS) is 18.7. The lowest BCUT2D eigenvalue weighted by Gasteiger charge is -2.30. The van der Waals surface area contributed by atoms with Gasteiger partial charge in [0.2, 0.25) is 5.95 Å². The first-order valence-electron chi connectivity index (χ1n) is 8.31. The lowest BCUT2D eigenvalue weighted by molar-refractivity contribution is -0.137. The van der Waals surface area contributed by atoms with Crippen molar-refractivity contribution in [2.24, 2.45) is 0 Å². The highest BCUT2D eigenvalue weighted by Crippen LogP contribution is 2.36. The highest BCUT2D eigenvalue weighted by molar-refractivity contribution is 5.69. The smallest absolute Gasteiger partial charge is 0.416 e. The first kappa shape index (κ1) is 18.4. The number of rotatable bonds is 3. The summed E-state index contributed by atoms with van der Waals surface area (Å²) in [7, 11) is 2.05. The van der Waals surface area contributed by atoms with Gasteiger partial charge in [0.05, 0.1) is 11.3 Å². The van der Waals surface area contributed by atoms with E-state index in [1.165, 1.54) is 6.07 Å². The Kier molecular flexibility index (Phi) is 4.99. The Labute approximate surface area is 149 Å². The summed E-state index contributed by atoms with van der Waals surface area (Å²) in [4.78, 5) is 6.56. The maximum Gasteiger partial charge on any atom is 0.416 e. The molecule has 0 aliphatic carbocycles. The van der Waals surface area contributed by atoms with E-state index in [2.05, 4.69) is 32.4 Å². The number of phenolic OH excluding ortho intramolecular Hbond substituents is 1. The molecule has 1 aromatic carbocycles. The minimum absolute atomic E-state index is 0.166. The van der Waals surface area contributed by atoms with Gasteiger partial charge in [0.15, 0.2) is 0 Å². The van der Waals surface area contributed by atoms with Crippen LogP contribution in [-0.4, -0.2) is 51.4 Å². The van der Waals surface area contributed by atoms with Crippen molar-refractivity contribution in [1.29, 1.82) is 0 Å². The molecule has 1 atom stereocenters. The van der Waals surface area contributed by atoms with Crippen LogP contribution in [0.1, 0.15) is 24.1 Å². The molecule has 1 fully saturated rings. The van der Waals surface area contributed by atoms with E-state index in [-0.39, 0.29) is 17.3 Å². The third-order valence-corrected chi connectivity index (χ3v) is 4.40. The lowest BCUT2D eigenvalue weighted by Crippen LogP contribution is -2.40. The number of piperidine rings is 1. The second-order valence-electron chi connectivity index (χ2n) is 6.54. The van der Waals surface area contributed by atoms with Gasteiger partial charge in [-0.1, -0.05) is 0 Å². The summed E-state index contributed by atoms with van der Waals surface area (Å²) in [6.45, 7) is 3.62. The van der Waals surface area contributed by atoms with Crippen LogP contribution < -0.4 is 5.32 Å². The summed E-state index contributed by atoms with van der Waals surface area (Å²) >= 11 is 0. The zero-order valence-electron chi connectivity index (χ0n) is 14.5. The number of phenols is 1. The van der Waals surface area contributed by atoms with Gasteiger partial charge >= 0.3 is 6.18 Å². The fraction of sp³-hybridized carbons (Fsp3) is 0.471. The second kappa shape index (κ2) is 7.06. The van der Waals surface area contributed by atoms with E-state index in [9.17, 15) is 18.3 Å². The van der Waals surface area contributed by atoms with Gasteiger partial charge in [0.25, 0.3) is 0 Å². The van der Waals surface area contributed by atoms with E-state index >= 15 is 0 Å². The summed E-state index contributed by atoms with van der Waals surface area (Å²) in [5, 5.41) is 21.3. The fourth-order valence-corrected chi connectivity index (χ4v) is 3.09. The number of aryl methyl sites for hydroxylation is 1. The second-order valence-corrected chi connectivity index (χ2v) is 6.54. The third kappa shape index (κ3) is 4.04. The Morgan fingerprint density at radius 2 is 2.04 bits per heavy atom. The Bertz CT molecular complexity index is 796. The molecule has 2 N–H and O–H groups in total. The lowest BCUT2D eigenvalue weighted by atomic mass is 10.1. The molecule has 1 aromatic heterocycles. The van der Waals surface area contributed by atoms with Crippen LogP contribution in [0.3, 0.4) is 0 Å². The molecule has 0 spiro atoms. The van der Waals surface area contributed by atoms with Gasteiger partial charge in [-0.25, -0.2) is 4.98 Å². The number of nitrogens with zero attached hydrogens (tertiary/aromatic N) is 4. The first-order chi connectivity index (χ1) is 12.2. The summed E-state index contributed by atoms with van der Waals surface area (Å²) in [6, 6.07) is 2.99. The van der Waals surface area contributed by atoms with Crippen LogP contribution in [-0.2, 0) is 6.18 Å². The third-order valence-electron chi connectivity index (χ3n) is 4.40. The zero-order valence-corrected chi connectivity index (χ0v) is 14.5. The predicted molar refractivity (Wildman–Crippen MR) is 90.8 cm³/mol. The number of alkyl halides is 3. The molecule has 2 heterocycles. The fourth-order valence-electron chi connectivity index (χ4n) is 3.09. The van der Waals surface area contributed by atoms with E-state index in [4.69, 9.17) is 0 Å². The number of anilines is 1. The highest BCUT2D eigenvalue weighted by atomic mass is 19.4. The largest absolute Gasteiger partial charge is 0.507 e. The number of hydrogen-bond acceptors (Lipinski definition) is 6. The monoisotopic (exact) mass is 367 g/mol. The van der Waals surface area contributed by atoms with Crippen LogP contribution >= 0.6 is 0 Å². The summed E-state index contributed by atoms with van der Waals surface area (Å²) in [5.74, 6) is -0.133. The van der Waals surface area contributed by atoms with E-state index in [1.54, 1.807) is 6.92 Å². The predicted octanol–water partition coefficient (Wildman–Crippen LogP) is 3.08. The van der Waals surface area contributed by atoms with Crippen molar-refractivity contribution in [3.63, 3.8) is 0 Å². The van der Waals surface area contributed by atoms with Gasteiger partial charge in [-0.3, -0.25) is 0 Å². The number of likely N-dealkylation sites (N-methyl/N-ethyl adjacent to an activating group) is 1. The van der Waals surface area contributed by atoms with Crippen molar-refractivity contribution in [1.82, 2.24) is 20.1 Å². The van der Waals surface area contributed by atoms with Crippen molar-refractivity contribution in [3.8, 4) is 17.0 Å². The van der Waals surface area contributed by atoms with Crippen molar-refractivity contribution >= 4 is 5.95 Å². The molecule has 0 unspecified atom stereocenters. The van der Waals surface area contributed by atoms with Gasteiger partial charge in [0, 0.05) is 18.2 Å². The minimum Gasteiger partial charge on any atom is -0.507 e. The van der Waals surface area contributed by atoms with Gasteiger partial charge in [-0.05, 0) is 51.6 Å². The van der Waals surface area contributed by atoms with Crippen LogP contribution in [0.5, 0.6) is 5.75 Å². The number of hydrogen-bond donors (Lipinski definition) is 2. The first-order valence-corrected chi connectivity index (χ1v) is 8.31. The quantitative estimate of drug-likeness (QED) is 0.869. The molecule has 0 saturated carbocycles. The average molecular weight is 367 g/mol. The van der Waals surface area contributed by atoms with Crippen LogP contribution in [0.25, 0.3) is 11.3 Å². The standard InChI is InChI=1S/C17H20F3N5O/c1-10-15(13-6-5-11(8-14(13)26)17(18,19)20)23-24-16(21-10)22-12-4-3-7-25(2)9-12/h5-6,8,12,26H,3-4,7,9H2,1-2H3,(H,21,22,24)/t12-/m1/s1. The SMILES string of the molecule is Cc1nc(N[C@@H]2CCCN(C)C2)nnc1-c1ccc(C(F)(F)F)cc1O. The number of aromatic nitrogens is 3. The maximum absolute atomic E-state index is 12.7. The van der Waals surface area contributed by atoms with Gasteiger partial charge < -0.3 is 15.3 Å². The molecule has 2 aromatic rings. The van der Waals surface area contributed by atoms with Crippen LogP contribution in [0.15, 0.2) is 18.2 Å². The van der Waals surface area contributed by atoms with Gasteiger partial charge in [-0.2, -0.15) is 13.2 Å². The molecule has 9 heteroatoms. The van der Waals surface area contributed by atoms with Crippen LogP contribution in [0, 0.1) is 6.92 Å². The highest BCUT2D eigenvalue weighted by Gasteiger charge is 2.31. The van der Waals surface area contributed by atoms with Crippen molar-refractivity contribution < 1.29 is 18.3 Å². The van der Waals surface area contributed by atoms with E-state index in [1.807, 2.05) is 0 Å². The van der Waals surface area contributed by atoms with Crippen LogP contribution in [0.4, 0.5) is 19.1 Å². The van der Waals surface area contributed by atoms with Crippen LogP contribution in [0.2, 0.25) is 0 Å². The van der Waals surface area contributed by atoms with Crippen molar-refractivity contribution in [3.05, 3.63) is 29.5 Å². The Hall–Kier alpha value is -2.42. The number of halogens is 3. The topological polar surface area (TPSA) is 74.2 Å². The molecule has 3 rings (SSSR count). The Morgan fingerprint density at radius 3 is 2.65 bits per heavy atom. The molecule has 1 saturated heterocycles. The summed E-state index contributed by atoms with van der Waals surface area (Å²) < 4.78 is 38.2. The van der Waals surface area contributed by atoms with E-state index in [0.29, 0.717) is 17.7 Å². The van der Waals surface area contributed by atoms with E-state index < -0.39 is 17.5 Å². The zero-order chi connectivity index (χ0) is 18.9. The van der Waals surface area contributed by atoms with Gasteiger partial charge in [0.1, 0.15) is 11.4 Å². The number of nitrogens with one attached hydrogen (secondary N) is 1. The number of benzene rings is 1. The van der Waals surface area contributed by atoms with Crippen molar-refractivity contribution in [2.75, 3.05) is 25.5 Å². The van der Waals surface area contributed by atoms with E-state index in [0.717, 1.165) is 32.0 Å². The van der Waals surface area contributed by atoms with Gasteiger partial charge in [-0.15, -0.1) is 10.2 Å². The Morgan fingerprint density at radius 1 is 1.27 bits per heavy atom. The summed E-state index contributed by atoms with van der Waals surface area (Å²) in [5.41, 5.74) is -0.0271. The number of aromatic hydroxyl groups is 1. The minimum atomic E-state index is -4.52. The average Bonchev–Trinajstić information content (AvgIpc) is 2.55. The van der Waals surface area contributed by atoms with Crippen molar-refractivity contribution in [2.45, 2.75) is 32.0 Å². The molecule has 140 valence electrons. The molecular weight excluding hydrogens is 347 g/mol. The molecule has 0 radical (unpaired) electrons.